The van der Waals surface area contributed by atoms with Crippen LogP contribution < -0.4 is 0 Å². The smallest absolute Gasteiger partial charge is 0.306 e. The van der Waals surface area contributed by atoms with E-state index in [9.17, 15) is 9.59 Å². The van der Waals surface area contributed by atoms with Crippen molar-refractivity contribution in [2.45, 2.75) is 110 Å². The van der Waals surface area contributed by atoms with Crippen molar-refractivity contribution in [3.8, 4) is 0 Å². The SMILES string of the molecule is CCCCCCC(CCCCCC)OC(=O)CCCCC(=O)O. The van der Waals surface area contributed by atoms with Gasteiger partial charge in [0.05, 0.1) is 0 Å². The highest BCUT2D eigenvalue weighted by Crippen LogP contribution is 2.16. The molecule has 0 amide bonds. The van der Waals surface area contributed by atoms with Gasteiger partial charge in [0.1, 0.15) is 6.10 Å². The Morgan fingerprint density at radius 2 is 1.30 bits per heavy atom. The lowest BCUT2D eigenvalue weighted by molar-refractivity contribution is -0.150. The van der Waals surface area contributed by atoms with Crippen LogP contribution in [0, 0.1) is 0 Å². The molecule has 23 heavy (non-hydrogen) atoms. The van der Waals surface area contributed by atoms with Gasteiger partial charge in [-0.05, 0) is 38.5 Å². The highest BCUT2D eigenvalue weighted by molar-refractivity contribution is 5.70. The standard InChI is InChI=1S/C19H36O4/c1-3-5-7-9-13-17(14-10-8-6-4-2)23-19(22)16-12-11-15-18(20)21/h17H,3-16H2,1-2H3,(H,20,21). The molecule has 0 aliphatic heterocycles. The van der Waals surface area contributed by atoms with Crippen molar-refractivity contribution in [3.05, 3.63) is 0 Å². The van der Waals surface area contributed by atoms with Gasteiger partial charge in [0.2, 0.25) is 0 Å². The van der Waals surface area contributed by atoms with Gasteiger partial charge in [-0.2, -0.15) is 0 Å². The van der Waals surface area contributed by atoms with E-state index in [1.165, 1.54) is 38.5 Å². The lowest BCUT2D eigenvalue weighted by atomic mass is 10.0. The summed E-state index contributed by atoms with van der Waals surface area (Å²) in [5.74, 6) is -0.963. The minimum Gasteiger partial charge on any atom is -0.481 e. The molecule has 0 aliphatic rings. The molecule has 136 valence electrons. The Balaban J connectivity index is 3.99. The zero-order valence-electron chi connectivity index (χ0n) is 15.1. The summed E-state index contributed by atoms with van der Waals surface area (Å²) in [5.41, 5.74) is 0. The van der Waals surface area contributed by atoms with Crippen molar-refractivity contribution in [2.24, 2.45) is 0 Å². The number of carboxylic acids is 1. The summed E-state index contributed by atoms with van der Waals surface area (Å²) in [5, 5.41) is 8.59. The van der Waals surface area contributed by atoms with Gasteiger partial charge in [0.15, 0.2) is 0 Å². The number of rotatable bonds is 16. The average Bonchev–Trinajstić information content (AvgIpc) is 2.51. The Labute approximate surface area is 142 Å². The van der Waals surface area contributed by atoms with Crippen LogP contribution in [0.5, 0.6) is 0 Å². The van der Waals surface area contributed by atoms with Crippen molar-refractivity contribution in [3.63, 3.8) is 0 Å². The fraction of sp³-hybridized carbons (Fsp3) is 0.895. The molecule has 0 saturated heterocycles. The molecule has 0 aromatic heterocycles. The molecule has 0 radical (unpaired) electrons. The van der Waals surface area contributed by atoms with E-state index in [-0.39, 0.29) is 18.5 Å². The van der Waals surface area contributed by atoms with E-state index in [0.29, 0.717) is 19.3 Å². The van der Waals surface area contributed by atoms with Gasteiger partial charge < -0.3 is 9.84 Å². The summed E-state index contributed by atoms with van der Waals surface area (Å²) < 4.78 is 5.63. The number of carboxylic acid groups (broad SMARTS) is 1. The maximum atomic E-state index is 11.9. The molecule has 0 bridgehead atoms. The van der Waals surface area contributed by atoms with Crippen LogP contribution in [0.25, 0.3) is 0 Å². The topological polar surface area (TPSA) is 63.6 Å². The van der Waals surface area contributed by atoms with Gasteiger partial charge >= 0.3 is 11.9 Å². The fourth-order valence-electron chi connectivity index (χ4n) is 2.65. The predicted octanol–water partition coefficient (Wildman–Crippen LogP) is 5.48. The third-order valence-electron chi connectivity index (χ3n) is 4.08. The first-order chi connectivity index (χ1) is 11.1. The molecule has 4 heteroatoms. The molecule has 0 unspecified atom stereocenters. The van der Waals surface area contributed by atoms with Gasteiger partial charge in [-0.3, -0.25) is 9.59 Å². The maximum absolute atomic E-state index is 11.9. The van der Waals surface area contributed by atoms with Crippen LogP contribution in [0.2, 0.25) is 0 Å². The molecule has 0 rings (SSSR count). The Bertz CT molecular complexity index is 290. The van der Waals surface area contributed by atoms with Crippen LogP contribution in [-0.4, -0.2) is 23.1 Å². The number of aliphatic carboxylic acids is 1. The summed E-state index contributed by atoms with van der Waals surface area (Å²) in [6, 6.07) is 0. The first-order valence-electron chi connectivity index (χ1n) is 9.51. The number of hydrogen-bond donors (Lipinski definition) is 1. The van der Waals surface area contributed by atoms with Crippen molar-refractivity contribution in [1.29, 1.82) is 0 Å². The van der Waals surface area contributed by atoms with E-state index in [0.717, 1.165) is 25.7 Å². The second kappa shape index (κ2) is 15.8. The van der Waals surface area contributed by atoms with Crippen molar-refractivity contribution in [2.75, 3.05) is 0 Å². The first kappa shape index (κ1) is 21.9. The second-order valence-corrected chi connectivity index (χ2v) is 6.41. The van der Waals surface area contributed by atoms with Crippen LogP contribution in [-0.2, 0) is 14.3 Å². The van der Waals surface area contributed by atoms with Crippen LogP contribution in [0.15, 0.2) is 0 Å². The molecule has 0 spiro atoms. The predicted molar refractivity (Wildman–Crippen MR) is 93.5 cm³/mol. The first-order valence-corrected chi connectivity index (χ1v) is 9.51. The third kappa shape index (κ3) is 15.6. The molecule has 1 N–H and O–H groups in total. The van der Waals surface area contributed by atoms with E-state index in [1.807, 2.05) is 0 Å². The second-order valence-electron chi connectivity index (χ2n) is 6.41. The Kier molecular flexibility index (Phi) is 15.1. The zero-order valence-corrected chi connectivity index (χ0v) is 15.1. The van der Waals surface area contributed by atoms with Gasteiger partial charge in [-0.15, -0.1) is 0 Å². The summed E-state index contributed by atoms with van der Waals surface area (Å²) >= 11 is 0. The molecule has 0 aliphatic carbocycles. The van der Waals surface area contributed by atoms with E-state index in [4.69, 9.17) is 9.84 Å². The van der Waals surface area contributed by atoms with Gasteiger partial charge in [-0.1, -0.05) is 52.4 Å². The molecular weight excluding hydrogens is 292 g/mol. The van der Waals surface area contributed by atoms with Crippen molar-refractivity contribution >= 4 is 11.9 Å². The molecule has 0 aromatic rings. The van der Waals surface area contributed by atoms with E-state index < -0.39 is 5.97 Å². The lowest BCUT2D eigenvalue weighted by Gasteiger charge is -2.18. The molecule has 0 saturated carbocycles. The average molecular weight is 328 g/mol. The minimum absolute atomic E-state index is 0.0516. The number of esters is 1. The van der Waals surface area contributed by atoms with Gasteiger partial charge in [0.25, 0.3) is 0 Å². The van der Waals surface area contributed by atoms with E-state index >= 15 is 0 Å². The van der Waals surface area contributed by atoms with Gasteiger partial charge in [-0.25, -0.2) is 0 Å². The maximum Gasteiger partial charge on any atom is 0.306 e. The van der Waals surface area contributed by atoms with Gasteiger partial charge in [0, 0.05) is 12.8 Å². The van der Waals surface area contributed by atoms with Crippen LogP contribution in [0.1, 0.15) is 104 Å². The monoisotopic (exact) mass is 328 g/mol. The molecule has 0 aromatic carbocycles. The van der Waals surface area contributed by atoms with Crippen LogP contribution in [0.3, 0.4) is 0 Å². The van der Waals surface area contributed by atoms with E-state index in [1.54, 1.807) is 0 Å². The highest BCUT2D eigenvalue weighted by atomic mass is 16.5. The van der Waals surface area contributed by atoms with Crippen LogP contribution >= 0.6 is 0 Å². The molecular formula is C19H36O4. The number of hydrogen-bond acceptors (Lipinski definition) is 3. The Hall–Kier alpha value is -1.06. The number of carbonyl (C=O) groups is 2. The number of carbonyl (C=O) groups excluding carboxylic acids is 1. The molecule has 0 atom stereocenters. The fourth-order valence-corrected chi connectivity index (χ4v) is 2.65. The highest BCUT2D eigenvalue weighted by Gasteiger charge is 2.14. The Morgan fingerprint density at radius 3 is 1.78 bits per heavy atom. The van der Waals surface area contributed by atoms with Crippen LogP contribution in [0.4, 0.5) is 0 Å². The molecule has 0 heterocycles. The van der Waals surface area contributed by atoms with Crippen molar-refractivity contribution in [1.82, 2.24) is 0 Å². The zero-order chi connectivity index (χ0) is 17.3. The summed E-state index contributed by atoms with van der Waals surface area (Å²) in [6.45, 7) is 4.39. The summed E-state index contributed by atoms with van der Waals surface area (Å²) in [4.78, 5) is 22.4. The third-order valence-corrected chi connectivity index (χ3v) is 4.08. The normalized spacial score (nSPS) is 10.9. The van der Waals surface area contributed by atoms with Crippen molar-refractivity contribution < 1.29 is 19.4 Å². The lowest BCUT2D eigenvalue weighted by Crippen LogP contribution is -2.18. The molecule has 4 nitrogen and oxygen atoms in total. The Morgan fingerprint density at radius 1 is 0.783 bits per heavy atom. The summed E-state index contributed by atoms with van der Waals surface area (Å²) in [6.07, 6.45) is 13.2. The largest absolute Gasteiger partial charge is 0.481 e. The quantitative estimate of drug-likeness (QED) is 0.301. The molecule has 0 fully saturated rings. The minimum atomic E-state index is -0.803. The number of ether oxygens (including phenoxy) is 1. The summed E-state index contributed by atoms with van der Waals surface area (Å²) in [7, 11) is 0. The van der Waals surface area contributed by atoms with E-state index in [2.05, 4.69) is 13.8 Å². The number of unbranched alkanes of at least 4 members (excludes halogenated alkanes) is 7.